The molecule has 0 radical (unpaired) electrons. The number of benzene rings is 1. The second kappa shape index (κ2) is 7.60. The van der Waals surface area contributed by atoms with Gasteiger partial charge in [0.05, 0.1) is 0 Å². The maximum atomic E-state index is 13.1. The van der Waals surface area contributed by atoms with Crippen molar-refractivity contribution >= 4 is 0 Å². The van der Waals surface area contributed by atoms with Crippen LogP contribution in [0.25, 0.3) is 0 Å². The van der Waals surface area contributed by atoms with Crippen LogP contribution in [0.5, 0.6) is 5.75 Å². The van der Waals surface area contributed by atoms with E-state index in [0.717, 1.165) is 24.7 Å². The lowest BCUT2D eigenvalue weighted by Crippen LogP contribution is -2.36. The van der Waals surface area contributed by atoms with Gasteiger partial charge in [-0.05, 0) is 56.1 Å². The third-order valence-corrected chi connectivity index (χ3v) is 3.78. The number of nitrogens with zero attached hydrogens (tertiary/aromatic N) is 1. The summed E-state index contributed by atoms with van der Waals surface area (Å²) in [6.07, 6.45) is 4.01. The summed E-state index contributed by atoms with van der Waals surface area (Å²) in [6, 6.07) is 4.19. The molecule has 0 spiro atoms. The van der Waals surface area contributed by atoms with E-state index in [-0.39, 0.29) is 11.6 Å². The van der Waals surface area contributed by atoms with Crippen molar-refractivity contribution in [1.82, 2.24) is 10.2 Å². The van der Waals surface area contributed by atoms with E-state index in [4.69, 9.17) is 0 Å². The van der Waals surface area contributed by atoms with Gasteiger partial charge in [0.1, 0.15) is 11.6 Å². The van der Waals surface area contributed by atoms with Gasteiger partial charge in [0.2, 0.25) is 0 Å². The number of likely N-dealkylation sites (tertiary alicyclic amines) is 1. The van der Waals surface area contributed by atoms with Crippen LogP contribution >= 0.6 is 0 Å². The van der Waals surface area contributed by atoms with Crippen LogP contribution in [0.3, 0.4) is 0 Å². The lowest BCUT2D eigenvalue weighted by Gasteiger charge is -2.29. The average Bonchev–Trinajstić information content (AvgIpc) is 2.38. The van der Waals surface area contributed by atoms with E-state index in [1.165, 1.54) is 38.4 Å². The Bertz CT molecular complexity index is 399. The number of rotatable bonds is 6. The first-order valence-corrected chi connectivity index (χ1v) is 7.55. The third kappa shape index (κ3) is 5.10. The van der Waals surface area contributed by atoms with Crippen LogP contribution < -0.4 is 5.32 Å². The lowest BCUT2D eigenvalue weighted by molar-refractivity contribution is 0.199. The summed E-state index contributed by atoms with van der Waals surface area (Å²) in [6.45, 7) is 7.32. The molecule has 0 bridgehead atoms. The van der Waals surface area contributed by atoms with Gasteiger partial charge >= 0.3 is 0 Å². The summed E-state index contributed by atoms with van der Waals surface area (Å²) in [4.78, 5) is 2.53. The summed E-state index contributed by atoms with van der Waals surface area (Å²) >= 11 is 0. The molecule has 0 aromatic heterocycles. The highest BCUT2D eigenvalue weighted by atomic mass is 19.1. The third-order valence-electron chi connectivity index (χ3n) is 3.78. The Balaban J connectivity index is 1.69. The Labute approximate surface area is 120 Å². The molecule has 1 aliphatic heterocycles. The fourth-order valence-corrected chi connectivity index (χ4v) is 2.85. The monoisotopic (exact) mass is 280 g/mol. The van der Waals surface area contributed by atoms with Crippen molar-refractivity contribution in [2.24, 2.45) is 5.92 Å². The SMILES string of the molecule is CC(CNCc1cc(O)cc(F)c1)CN1CCCCC1. The van der Waals surface area contributed by atoms with Gasteiger partial charge < -0.3 is 15.3 Å². The molecule has 0 saturated carbocycles. The van der Waals surface area contributed by atoms with Crippen LogP contribution in [0, 0.1) is 11.7 Å². The van der Waals surface area contributed by atoms with Crippen LogP contribution in [0.2, 0.25) is 0 Å². The number of halogens is 1. The Kier molecular flexibility index (Phi) is 5.80. The smallest absolute Gasteiger partial charge is 0.127 e. The molecule has 4 heteroatoms. The van der Waals surface area contributed by atoms with Gasteiger partial charge in [-0.15, -0.1) is 0 Å². The lowest BCUT2D eigenvalue weighted by atomic mass is 10.1. The van der Waals surface area contributed by atoms with Crippen molar-refractivity contribution in [3.63, 3.8) is 0 Å². The van der Waals surface area contributed by atoms with E-state index >= 15 is 0 Å². The summed E-state index contributed by atoms with van der Waals surface area (Å²) < 4.78 is 13.1. The molecule has 3 nitrogen and oxygen atoms in total. The predicted octanol–water partition coefficient (Wildman–Crippen LogP) is 2.74. The molecule has 0 aliphatic carbocycles. The van der Waals surface area contributed by atoms with Crippen molar-refractivity contribution in [2.45, 2.75) is 32.7 Å². The Morgan fingerprint density at radius 3 is 2.70 bits per heavy atom. The van der Waals surface area contributed by atoms with Crippen LogP contribution in [-0.4, -0.2) is 36.2 Å². The Morgan fingerprint density at radius 2 is 2.00 bits per heavy atom. The number of aromatic hydroxyl groups is 1. The highest BCUT2D eigenvalue weighted by molar-refractivity contribution is 5.28. The van der Waals surface area contributed by atoms with E-state index in [1.807, 2.05) is 0 Å². The van der Waals surface area contributed by atoms with E-state index in [0.29, 0.717) is 12.5 Å². The van der Waals surface area contributed by atoms with Crippen molar-refractivity contribution in [2.75, 3.05) is 26.2 Å². The molecular weight excluding hydrogens is 255 g/mol. The molecule has 112 valence electrons. The van der Waals surface area contributed by atoms with Crippen molar-refractivity contribution in [3.8, 4) is 5.75 Å². The minimum absolute atomic E-state index is 0.0110. The number of hydrogen-bond acceptors (Lipinski definition) is 3. The zero-order valence-electron chi connectivity index (χ0n) is 12.2. The molecule has 1 aliphatic rings. The van der Waals surface area contributed by atoms with Gasteiger partial charge in [-0.2, -0.15) is 0 Å². The second-order valence-electron chi connectivity index (χ2n) is 5.92. The molecule has 1 atom stereocenters. The molecule has 1 aromatic carbocycles. The van der Waals surface area contributed by atoms with Gasteiger partial charge in [0, 0.05) is 19.2 Å². The van der Waals surface area contributed by atoms with Crippen LogP contribution in [0.1, 0.15) is 31.7 Å². The van der Waals surface area contributed by atoms with Crippen LogP contribution in [0.15, 0.2) is 18.2 Å². The molecule has 1 heterocycles. The standard InChI is InChI=1S/C16H25FN2O/c1-13(12-19-5-3-2-4-6-19)10-18-11-14-7-15(17)9-16(20)8-14/h7-9,13,18,20H,2-6,10-12H2,1H3. The molecule has 2 rings (SSSR count). The van der Waals surface area contributed by atoms with Gasteiger partial charge in [0.25, 0.3) is 0 Å². The Morgan fingerprint density at radius 1 is 1.25 bits per heavy atom. The first kappa shape index (κ1) is 15.3. The average molecular weight is 280 g/mol. The van der Waals surface area contributed by atoms with Gasteiger partial charge in [0.15, 0.2) is 0 Å². The molecule has 0 amide bonds. The van der Waals surface area contributed by atoms with Gasteiger partial charge in [-0.1, -0.05) is 13.3 Å². The van der Waals surface area contributed by atoms with E-state index in [9.17, 15) is 9.50 Å². The van der Waals surface area contributed by atoms with Crippen LogP contribution in [-0.2, 0) is 6.54 Å². The van der Waals surface area contributed by atoms with Crippen molar-refractivity contribution in [1.29, 1.82) is 0 Å². The molecule has 1 saturated heterocycles. The predicted molar refractivity (Wildman–Crippen MR) is 79.2 cm³/mol. The Hall–Kier alpha value is -1.13. The summed E-state index contributed by atoms with van der Waals surface area (Å²) in [5.74, 6) is 0.182. The van der Waals surface area contributed by atoms with E-state index in [2.05, 4.69) is 17.1 Å². The quantitative estimate of drug-likeness (QED) is 0.841. The molecule has 1 fully saturated rings. The largest absolute Gasteiger partial charge is 0.508 e. The molecule has 2 N–H and O–H groups in total. The summed E-state index contributed by atoms with van der Waals surface area (Å²) in [5.41, 5.74) is 0.785. The zero-order chi connectivity index (χ0) is 14.4. The minimum atomic E-state index is -0.386. The maximum absolute atomic E-state index is 13.1. The summed E-state index contributed by atoms with van der Waals surface area (Å²) in [5, 5.41) is 12.7. The normalized spacial score (nSPS) is 18.1. The summed E-state index contributed by atoms with van der Waals surface area (Å²) in [7, 11) is 0. The fourth-order valence-electron chi connectivity index (χ4n) is 2.85. The molecule has 1 unspecified atom stereocenters. The van der Waals surface area contributed by atoms with Crippen molar-refractivity contribution in [3.05, 3.63) is 29.6 Å². The van der Waals surface area contributed by atoms with E-state index < -0.39 is 0 Å². The fraction of sp³-hybridized carbons (Fsp3) is 0.625. The highest BCUT2D eigenvalue weighted by Crippen LogP contribution is 2.14. The second-order valence-corrected chi connectivity index (χ2v) is 5.92. The first-order chi connectivity index (χ1) is 9.63. The first-order valence-electron chi connectivity index (χ1n) is 7.55. The minimum Gasteiger partial charge on any atom is -0.508 e. The molecule has 20 heavy (non-hydrogen) atoms. The molecule has 1 aromatic rings. The number of hydrogen-bond donors (Lipinski definition) is 2. The van der Waals surface area contributed by atoms with Crippen LogP contribution in [0.4, 0.5) is 4.39 Å². The van der Waals surface area contributed by atoms with Crippen molar-refractivity contribution < 1.29 is 9.50 Å². The number of piperidine rings is 1. The number of nitrogens with one attached hydrogen (secondary N) is 1. The topological polar surface area (TPSA) is 35.5 Å². The highest BCUT2D eigenvalue weighted by Gasteiger charge is 2.13. The number of phenols is 1. The van der Waals surface area contributed by atoms with Gasteiger partial charge in [-0.25, -0.2) is 4.39 Å². The van der Waals surface area contributed by atoms with E-state index in [1.54, 1.807) is 6.07 Å². The molecular formula is C16H25FN2O. The van der Waals surface area contributed by atoms with Gasteiger partial charge in [-0.3, -0.25) is 0 Å². The maximum Gasteiger partial charge on any atom is 0.127 e. The number of phenolic OH excluding ortho intramolecular Hbond substituents is 1. The zero-order valence-corrected chi connectivity index (χ0v) is 12.2.